The average molecular weight is 722 g/mol. The highest BCUT2D eigenvalue weighted by molar-refractivity contribution is 6.26. The fourth-order valence-electron chi connectivity index (χ4n) is 8.31. The number of para-hydroxylation sites is 3. The summed E-state index contributed by atoms with van der Waals surface area (Å²) in [5.41, 5.74) is 3.46. The van der Waals surface area contributed by atoms with Crippen LogP contribution in [0.1, 0.15) is 9.60 Å². The number of benzene rings is 9. The standard InChI is InChI=1S/C51H30N4O/c1-2-14-31(15-3-1)49-52-50(32-28-29-37-35-18-5-4-16-33(35)34-17-6-7-19-36(34)43(37)30-32)54-51(53-49)55-44-25-10-8-20-38(44)40-23-12-24-41(48(40)55)39-22-13-27-46-47(39)42-21-9-11-26-45(42)56-46/h1-30H/i8D,10D,12D,20D,23D,24D,25D. The summed E-state index contributed by atoms with van der Waals surface area (Å²) in [5, 5.41) is 8.03. The fourth-order valence-corrected chi connectivity index (χ4v) is 8.31. The minimum Gasteiger partial charge on any atom is -0.456 e. The van der Waals surface area contributed by atoms with E-state index in [-0.39, 0.29) is 57.5 Å². The van der Waals surface area contributed by atoms with E-state index in [1.54, 1.807) is 6.07 Å². The predicted octanol–water partition coefficient (Wildman–Crippen LogP) is 13.3. The van der Waals surface area contributed by atoms with Crippen LogP contribution in [0, 0.1) is 0 Å². The lowest BCUT2D eigenvalue weighted by Crippen LogP contribution is -2.07. The van der Waals surface area contributed by atoms with E-state index in [1.165, 1.54) is 4.57 Å². The highest BCUT2D eigenvalue weighted by Crippen LogP contribution is 2.43. The average Bonchev–Trinajstić information content (AvgIpc) is 3.89. The first-order valence-corrected chi connectivity index (χ1v) is 18.3. The van der Waals surface area contributed by atoms with E-state index >= 15 is 0 Å². The highest BCUT2D eigenvalue weighted by atomic mass is 16.3. The zero-order valence-corrected chi connectivity index (χ0v) is 29.5. The van der Waals surface area contributed by atoms with Crippen LogP contribution in [0.25, 0.3) is 116 Å². The van der Waals surface area contributed by atoms with Gasteiger partial charge < -0.3 is 4.42 Å². The molecule has 12 aromatic rings. The third kappa shape index (κ3) is 4.52. The molecule has 0 atom stereocenters. The van der Waals surface area contributed by atoms with Crippen LogP contribution in [0.5, 0.6) is 0 Å². The predicted molar refractivity (Wildman–Crippen MR) is 230 cm³/mol. The van der Waals surface area contributed by atoms with Gasteiger partial charge in [0.15, 0.2) is 11.6 Å². The first-order chi connectivity index (χ1) is 30.7. The van der Waals surface area contributed by atoms with Gasteiger partial charge in [-0.05, 0) is 62.1 Å². The molecule has 3 aromatic heterocycles. The van der Waals surface area contributed by atoms with Gasteiger partial charge in [-0.2, -0.15) is 9.97 Å². The van der Waals surface area contributed by atoms with E-state index < -0.39 is 18.1 Å². The van der Waals surface area contributed by atoms with Crippen molar-refractivity contribution in [3.63, 3.8) is 0 Å². The molecular weight excluding hydrogens is 685 g/mol. The van der Waals surface area contributed by atoms with Crippen LogP contribution in [0.15, 0.2) is 186 Å². The van der Waals surface area contributed by atoms with Crippen molar-refractivity contribution in [1.82, 2.24) is 19.5 Å². The molecule has 260 valence electrons. The molecule has 0 saturated heterocycles. The molecule has 9 aromatic carbocycles. The van der Waals surface area contributed by atoms with E-state index in [4.69, 9.17) is 22.1 Å². The highest BCUT2D eigenvalue weighted by Gasteiger charge is 2.22. The zero-order valence-electron chi connectivity index (χ0n) is 36.5. The van der Waals surface area contributed by atoms with Gasteiger partial charge in [0.2, 0.25) is 5.95 Å². The number of rotatable bonds is 4. The first-order valence-electron chi connectivity index (χ1n) is 21.8. The Morgan fingerprint density at radius 3 is 1.84 bits per heavy atom. The zero-order chi connectivity index (χ0) is 42.8. The molecule has 0 saturated carbocycles. The minimum atomic E-state index is -0.492. The number of fused-ring (bicyclic) bond motifs is 12. The summed E-state index contributed by atoms with van der Waals surface area (Å²) < 4.78 is 72.4. The maximum absolute atomic E-state index is 9.60. The molecule has 0 N–H and O–H groups in total. The van der Waals surface area contributed by atoms with Gasteiger partial charge in [0.25, 0.3) is 0 Å². The summed E-state index contributed by atoms with van der Waals surface area (Å²) in [5.74, 6) is 0.607. The van der Waals surface area contributed by atoms with Gasteiger partial charge in [0.05, 0.1) is 20.6 Å². The van der Waals surface area contributed by atoms with Crippen LogP contribution in [-0.4, -0.2) is 19.5 Å². The lowest BCUT2D eigenvalue weighted by atomic mass is 9.93. The Morgan fingerprint density at radius 1 is 0.429 bits per heavy atom. The number of furan rings is 1. The second kappa shape index (κ2) is 11.9. The quantitative estimate of drug-likeness (QED) is 0.170. The molecule has 0 fully saturated rings. The molecule has 0 bridgehead atoms. The van der Waals surface area contributed by atoms with Crippen molar-refractivity contribution < 1.29 is 14.0 Å². The third-order valence-corrected chi connectivity index (χ3v) is 10.7. The fraction of sp³-hybridized carbons (Fsp3) is 0. The Morgan fingerprint density at radius 2 is 1.05 bits per heavy atom. The van der Waals surface area contributed by atoms with Crippen LogP contribution in [0.3, 0.4) is 0 Å². The van der Waals surface area contributed by atoms with Crippen molar-refractivity contribution >= 4 is 76.1 Å². The summed E-state index contributed by atoms with van der Waals surface area (Å²) >= 11 is 0. The maximum atomic E-state index is 9.60. The molecule has 0 unspecified atom stereocenters. The molecule has 3 heterocycles. The maximum Gasteiger partial charge on any atom is 0.238 e. The molecule has 0 radical (unpaired) electrons. The van der Waals surface area contributed by atoms with Crippen LogP contribution < -0.4 is 0 Å². The molecule has 5 heteroatoms. The molecule has 0 aliphatic rings. The van der Waals surface area contributed by atoms with Gasteiger partial charge in [-0.25, -0.2) is 4.98 Å². The minimum absolute atomic E-state index is 0.00659. The van der Waals surface area contributed by atoms with Gasteiger partial charge in [0, 0.05) is 38.2 Å². The molecule has 0 aliphatic heterocycles. The van der Waals surface area contributed by atoms with Crippen LogP contribution in [-0.2, 0) is 0 Å². The molecular formula is C51H30N4O. The first kappa shape index (κ1) is 24.6. The largest absolute Gasteiger partial charge is 0.456 e. The van der Waals surface area contributed by atoms with Crippen molar-refractivity contribution in [3.05, 3.63) is 182 Å². The summed E-state index contributed by atoms with van der Waals surface area (Å²) in [7, 11) is 0. The van der Waals surface area contributed by atoms with Crippen molar-refractivity contribution in [2.45, 2.75) is 0 Å². The normalized spacial score (nSPS) is 13.7. The summed E-state index contributed by atoms with van der Waals surface area (Å²) in [6, 6.07) is 42.4. The van der Waals surface area contributed by atoms with Crippen molar-refractivity contribution in [3.8, 4) is 39.9 Å². The van der Waals surface area contributed by atoms with Crippen LogP contribution >= 0.6 is 0 Å². The van der Waals surface area contributed by atoms with E-state index in [0.29, 0.717) is 44.9 Å². The van der Waals surface area contributed by atoms with Crippen LogP contribution in [0.4, 0.5) is 0 Å². The topological polar surface area (TPSA) is 56.7 Å². The van der Waals surface area contributed by atoms with Crippen LogP contribution in [0.2, 0.25) is 0 Å². The van der Waals surface area contributed by atoms with Gasteiger partial charge in [0.1, 0.15) is 11.2 Å². The van der Waals surface area contributed by atoms with Gasteiger partial charge >= 0.3 is 0 Å². The number of hydrogen-bond donors (Lipinski definition) is 0. The lowest BCUT2D eigenvalue weighted by molar-refractivity contribution is 0.669. The van der Waals surface area contributed by atoms with Crippen molar-refractivity contribution in [2.24, 2.45) is 0 Å². The Balaban J connectivity index is 1.25. The van der Waals surface area contributed by atoms with E-state index in [9.17, 15) is 6.85 Å². The van der Waals surface area contributed by atoms with E-state index in [1.807, 2.05) is 97.1 Å². The van der Waals surface area contributed by atoms with Crippen molar-refractivity contribution in [2.75, 3.05) is 0 Å². The summed E-state index contributed by atoms with van der Waals surface area (Å²) in [4.78, 5) is 15.3. The number of hydrogen-bond acceptors (Lipinski definition) is 4. The van der Waals surface area contributed by atoms with Gasteiger partial charge in [-0.1, -0.05) is 158 Å². The Bertz CT molecular complexity index is 3920. The molecule has 56 heavy (non-hydrogen) atoms. The molecule has 12 rings (SSSR count). The Kier molecular flexibility index (Phi) is 5.25. The van der Waals surface area contributed by atoms with E-state index in [0.717, 1.165) is 37.7 Å². The SMILES string of the molecule is [2H]c1c([2H])c([2H])c2c(c1[2H])c1c([2H])c([2H])c([2H])c(-c3cccc4oc5ccccc5c34)c1n2-c1nc(-c2ccccc2)nc(-c2ccc3c4ccccc4c4ccccc4c3c2)n1. The molecule has 0 spiro atoms. The van der Waals surface area contributed by atoms with E-state index in [2.05, 4.69) is 36.4 Å². The van der Waals surface area contributed by atoms with Gasteiger partial charge in [-0.15, -0.1) is 0 Å². The smallest absolute Gasteiger partial charge is 0.238 e. The lowest BCUT2D eigenvalue weighted by Gasteiger charge is -2.14. The molecule has 0 aliphatic carbocycles. The Labute approximate surface area is 330 Å². The molecule has 5 nitrogen and oxygen atoms in total. The number of aromatic nitrogens is 4. The van der Waals surface area contributed by atoms with Gasteiger partial charge in [-0.3, -0.25) is 4.57 Å². The molecule has 0 amide bonds. The van der Waals surface area contributed by atoms with Crippen molar-refractivity contribution in [1.29, 1.82) is 0 Å². The monoisotopic (exact) mass is 721 g/mol. The second-order valence-corrected chi connectivity index (χ2v) is 13.8. The Hall–Kier alpha value is -7.63. The number of nitrogens with zero attached hydrogens (tertiary/aromatic N) is 4. The summed E-state index contributed by atoms with van der Waals surface area (Å²) in [6.07, 6.45) is 0. The third-order valence-electron chi connectivity index (χ3n) is 10.7. The summed E-state index contributed by atoms with van der Waals surface area (Å²) in [6.45, 7) is 0. The second-order valence-electron chi connectivity index (χ2n) is 13.8.